The van der Waals surface area contributed by atoms with Crippen molar-refractivity contribution in [2.45, 2.75) is 39.3 Å². The standard InChI is InChI=1S/C13H24N4OS/c1-9(2)18-13-11(14)12(15-8-16-13)17(4)10(3)6-7-19-5/h8-10H,6-7,14H2,1-5H3. The van der Waals surface area contributed by atoms with Gasteiger partial charge < -0.3 is 15.4 Å². The van der Waals surface area contributed by atoms with Gasteiger partial charge in [0.1, 0.15) is 12.0 Å². The number of hydrogen-bond acceptors (Lipinski definition) is 6. The van der Waals surface area contributed by atoms with Crippen molar-refractivity contribution in [2.24, 2.45) is 0 Å². The molecule has 5 nitrogen and oxygen atoms in total. The Bertz CT molecular complexity index is 400. The van der Waals surface area contributed by atoms with Crippen molar-refractivity contribution in [3.63, 3.8) is 0 Å². The van der Waals surface area contributed by atoms with Gasteiger partial charge in [-0.05, 0) is 39.2 Å². The molecular weight excluding hydrogens is 260 g/mol. The summed E-state index contributed by atoms with van der Waals surface area (Å²) in [6.45, 7) is 6.07. The summed E-state index contributed by atoms with van der Waals surface area (Å²) in [4.78, 5) is 10.5. The highest BCUT2D eigenvalue weighted by atomic mass is 32.2. The Morgan fingerprint density at radius 3 is 2.63 bits per heavy atom. The Morgan fingerprint density at radius 1 is 1.37 bits per heavy atom. The number of rotatable bonds is 7. The summed E-state index contributed by atoms with van der Waals surface area (Å²) in [5, 5.41) is 0. The van der Waals surface area contributed by atoms with Crippen molar-refractivity contribution in [1.82, 2.24) is 9.97 Å². The first-order valence-corrected chi connectivity index (χ1v) is 7.85. The van der Waals surface area contributed by atoms with Crippen LogP contribution in [0.3, 0.4) is 0 Å². The fraction of sp³-hybridized carbons (Fsp3) is 0.692. The molecule has 0 radical (unpaired) electrons. The lowest BCUT2D eigenvalue weighted by atomic mass is 10.2. The van der Waals surface area contributed by atoms with Crippen molar-refractivity contribution >= 4 is 23.3 Å². The van der Waals surface area contributed by atoms with E-state index in [1.54, 1.807) is 0 Å². The molecule has 0 saturated heterocycles. The zero-order valence-corrected chi connectivity index (χ0v) is 13.2. The Balaban J connectivity index is 2.87. The number of ether oxygens (including phenoxy) is 1. The summed E-state index contributed by atoms with van der Waals surface area (Å²) in [7, 11) is 2.00. The molecule has 108 valence electrons. The molecule has 1 unspecified atom stereocenters. The molecule has 0 aromatic carbocycles. The van der Waals surface area contributed by atoms with Crippen LogP contribution in [0.2, 0.25) is 0 Å². The van der Waals surface area contributed by atoms with Crippen molar-refractivity contribution in [2.75, 3.05) is 29.7 Å². The zero-order valence-electron chi connectivity index (χ0n) is 12.4. The van der Waals surface area contributed by atoms with Gasteiger partial charge in [-0.25, -0.2) is 4.98 Å². The lowest BCUT2D eigenvalue weighted by Crippen LogP contribution is -2.31. The van der Waals surface area contributed by atoms with E-state index in [0.717, 1.165) is 18.0 Å². The van der Waals surface area contributed by atoms with Crippen LogP contribution in [-0.2, 0) is 0 Å². The van der Waals surface area contributed by atoms with Crippen LogP contribution < -0.4 is 15.4 Å². The highest BCUT2D eigenvalue weighted by molar-refractivity contribution is 7.98. The number of nitrogen functional groups attached to an aromatic ring is 1. The molecular formula is C13H24N4OS. The first kappa shape index (κ1) is 15.9. The lowest BCUT2D eigenvalue weighted by molar-refractivity contribution is 0.234. The van der Waals surface area contributed by atoms with Gasteiger partial charge in [0.25, 0.3) is 0 Å². The van der Waals surface area contributed by atoms with E-state index in [1.807, 2.05) is 32.7 Å². The number of nitrogens with two attached hydrogens (primary N) is 1. The molecule has 1 rings (SSSR count). The Morgan fingerprint density at radius 2 is 2.05 bits per heavy atom. The number of thioether (sulfide) groups is 1. The van der Waals surface area contributed by atoms with Crippen LogP contribution in [0.1, 0.15) is 27.2 Å². The monoisotopic (exact) mass is 284 g/mol. The highest BCUT2D eigenvalue weighted by Crippen LogP contribution is 2.29. The van der Waals surface area contributed by atoms with Gasteiger partial charge in [0.2, 0.25) is 5.88 Å². The van der Waals surface area contributed by atoms with Crippen molar-refractivity contribution in [1.29, 1.82) is 0 Å². The van der Waals surface area contributed by atoms with Gasteiger partial charge in [-0.1, -0.05) is 0 Å². The number of hydrogen-bond donors (Lipinski definition) is 1. The van der Waals surface area contributed by atoms with Crippen LogP contribution in [0, 0.1) is 0 Å². The second kappa shape index (κ2) is 7.43. The van der Waals surface area contributed by atoms with Gasteiger partial charge in [0.05, 0.1) is 6.10 Å². The minimum atomic E-state index is 0.0456. The Hall–Kier alpha value is -1.17. The molecule has 0 aliphatic carbocycles. The molecule has 19 heavy (non-hydrogen) atoms. The predicted octanol–water partition coefficient (Wildman–Crippen LogP) is 2.42. The fourth-order valence-corrected chi connectivity index (χ4v) is 2.24. The second-order valence-electron chi connectivity index (χ2n) is 4.82. The number of aromatic nitrogens is 2. The molecule has 0 spiro atoms. The second-order valence-corrected chi connectivity index (χ2v) is 5.81. The topological polar surface area (TPSA) is 64.3 Å². The number of anilines is 2. The molecule has 1 aromatic heterocycles. The van der Waals surface area contributed by atoms with E-state index in [4.69, 9.17) is 10.5 Å². The number of nitrogens with zero attached hydrogens (tertiary/aromatic N) is 3. The van der Waals surface area contributed by atoms with Gasteiger partial charge in [0, 0.05) is 13.1 Å². The summed E-state index contributed by atoms with van der Waals surface area (Å²) >= 11 is 1.84. The quantitative estimate of drug-likeness (QED) is 0.829. The van der Waals surface area contributed by atoms with Crippen LogP contribution >= 0.6 is 11.8 Å². The Labute approximate surface area is 119 Å². The van der Waals surface area contributed by atoms with Crippen LogP contribution in [0.5, 0.6) is 5.88 Å². The largest absolute Gasteiger partial charge is 0.473 e. The van der Waals surface area contributed by atoms with E-state index in [2.05, 4.69) is 28.0 Å². The molecule has 0 aliphatic heterocycles. The molecule has 1 aromatic rings. The van der Waals surface area contributed by atoms with E-state index in [1.165, 1.54) is 6.33 Å². The SMILES string of the molecule is CSCCC(C)N(C)c1ncnc(OC(C)C)c1N. The third kappa shape index (κ3) is 4.45. The van der Waals surface area contributed by atoms with E-state index in [-0.39, 0.29) is 6.10 Å². The molecule has 0 fully saturated rings. The molecule has 1 atom stereocenters. The van der Waals surface area contributed by atoms with E-state index in [9.17, 15) is 0 Å². The van der Waals surface area contributed by atoms with Gasteiger partial charge in [0.15, 0.2) is 5.82 Å². The molecule has 1 heterocycles. The summed E-state index contributed by atoms with van der Waals surface area (Å²) in [5.74, 6) is 2.31. The summed E-state index contributed by atoms with van der Waals surface area (Å²) in [6.07, 6.45) is 4.74. The molecule has 6 heteroatoms. The third-order valence-electron chi connectivity index (χ3n) is 2.91. The van der Waals surface area contributed by atoms with E-state index in [0.29, 0.717) is 17.6 Å². The predicted molar refractivity (Wildman–Crippen MR) is 83.1 cm³/mol. The average molecular weight is 284 g/mol. The maximum absolute atomic E-state index is 6.10. The first-order valence-electron chi connectivity index (χ1n) is 6.46. The molecule has 2 N–H and O–H groups in total. The highest BCUT2D eigenvalue weighted by Gasteiger charge is 2.17. The van der Waals surface area contributed by atoms with Crippen LogP contribution in [0.15, 0.2) is 6.33 Å². The van der Waals surface area contributed by atoms with E-state index >= 15 is 0 Å². The Kier molecular flexibility index (Phi) is 6.21. The summed E-state index contributed by atoms with van der Waals surface area (Å²) in [5.41, 5.74) is 6.61. The van der Waals surface area contributed by atoms with Gasteiger partial charge in [-0.3, -0.25) is 0 Å². The van der Waals surface area contributed by atoms with Crippen molar-refractivity contribution < 1.29 is 4.74 Å². The maximum Gasteiger partial charge on any atom is 0.242 e. The average Bonchev–Trinajstić information content (AvgIpc) is 2.37. The lowest BCUT2D eigenvalue weighted by Gasteiger charge is -2.27. The van der Waals surface area contributed by atoms with Crippen LogP contribution in [-0.4, -0.2) is 41.2 Å². The molecule has 0 aliphatic rings. The van der Waals surface area contributed by atoms with Crippen LogP contribution in [0.25, 0.3) is 0 Å². The molecule has 0 bridgehead atoms. The van der Waals surface area contributed by atoms with Crippen LogP contribution in [0.4, 0.5) is 11.5 Å². The summed E-state index contributed by atoms with van der Waals surface area (Å²) in [6, 6.07) is 0.372. The maximum atomic E-state index is 6.10. The van der Waals surface area contributed by atoms with Crippen molar-refractivity contribution in [3.8, 4) is 5.88 Å². The van der Waals surface area contributed by atoms with Crippen molar-refractivity contribution in [3.05, 3.63) is 6.33 Å². The van der Waals surface area contributed by atoms with Gasteiger partial charge in [-0.15, -0.1) is 0 Å². The third-order valence-corrected chi connectivity index (χ3v) is 3.55. The first-order chi connectivity index (χ1) is 8.97. The minimum Gasteiger partial charge on any atom is -0.473 e. The molecule has 0 amide bonds. The van der Waals surface area contributed by atoms with Gasteiger partial charge >= 0.3 is 0 Å². The fourth-order valence-electron chi connectivity index (χ4n) is 1.66. The smallest absolute Gasteiger partial charge is 0.242 e. The summed E-state index contributed by atoms with van der Waals surface area (Å²) < 4.78 is 5.59. The van der Waals surface area contributed by atoms with E-state index < -0.39 is 0 Å². The minimum absolute atomic E-state index is 0.0456. The normalized spacial score (nSPS) is 12.5. The van der Waals surface area contributed by atoms with Gasteiger partial charge in [-0.2, -0.15) is 16.7 Å². The molecule has 0 saturated carbocycles. The zero-order chi connectivity index (χ0) is 14.4.